The molecule has 1 fully saturated rings. The summed E-state index contributed by atoms with van der Waals surface area (Å²) < 4.78 is 34.7. The zero-order valence-electron chi connectivity index (χ0n) is 14.5. The van der Waals surface area contributed by atoms with Gasteiger partial charge in [0, 0.05) is 6.54 Å². The van der Waals surface area contributed by atoms with Crippen molar-refractivity contribution in [2.24, 2.45) is 5.92 Å². The van der Waals surface area contributed by atoms with Crippen molar-refractivity contribution in [2.75, 3.05) is 6.54 Å². The molecule has 1 N–H and O–H groups in total. The summed E-state index contributed by atoms with van der Waals surface area (Å²) in [5.74, 6) is 0.204. The number of benzene rings is 1. The van der Waals surface area contributed by atoms with Crippen LogP contribution >= 0.6 is 0 Å². The molecule has 0 radical (unpaired) electrons. The van der Waals surface area contributed by atoms with Crippen LogP contribution in [0.5, 0.6) is 0 Å². The molecule has 0 atom stereocenters. The van der Waals surface area contributed by atoms with E-state index in [4.69, 9.17) is 8.92 Å². The van der Waals surface area contributed by atoms with E-state index in [0.29, 0.717) is 19.4 Å². The van der Waals surface area contributed by atoms with Crippen LogP contribution in [0.1, 0.15) is 39.2 Å². The summed E-state index contributed by atoms with van der Waals surface area (Å²) >= 11 is 0. The fourth-order valence-corrected chi connectivity index (χ4v) is 3.50. The Labute approximate surface area is 143 Å². The van der Waals surface area contributed by atoms with Gasteiger partial charge in [0.2, 0.25) is 0 Å². The highest BCUT2D eigenvalue weighted by molar-refractivity contribution is 7.86. The molecular formula is C17H25NO5S. The molecule has 7 heteroatoms. The maximum absolute atomic E-state index is 12.2. The number of hydrogen-bond acceptors (Lipinski definition) is 5. The zero-order chi connectivity index (χ0) is 18.0. The number of nitrogens with one attached hydrogen (secondary N) is 1. The molecule has 2 rings (SSSR count). The van der Waals surface area contributed by atoms with Crippen molar-refractivity contribution < 1.29 is 22.1 Å². The van der Waals surface area contributed by atoms with Crippen molar-refractivity contribution in [1.29, 1.82) is 0 Å². The molecule has 1 aromatic carbocycles. The van der Waals surface area contributed by atoms with Crippen LogP contribution in [0.25, 0.3) is 0 Å². The number of aryl methyl sites for hydroxylation is 1. The van der Waals surface area contributed by atoms with Crippen molar-refractivity contribution in [3.8, 4) is 0 Å². The smallest absolute Gasteiger partial charge is 0.407 e. The van der Waals surface area contributed by atoms with Gasteiger partial charge in [0.15, 0.2) is 0 Å². The fourth-order valence-electron chi connectivity index (χ4n) is 2.40. The third-order valence-corrected chi connectivity index (χ3v) is 5.07. The number of alkyl carbamates (subject to hydrolysis) is 1. The molecule has 1 aliphatic rings. The van der Waals surface area contributed by atoms with E-state index in [9.17, 15) is 13.2 Å². The first-order valence-electron chi connectivity index (χ1n) is 8.02. The van der Waals surface area contributed by atoms with Gasteiger partial charge in [0.25, 0.3) is 10.1 Å². The van der Waals surface area contributed by atoms with Gasteiger partial charge in [-0.3, -0.25) is 4.18 Å². The predicted molar refractivity (Wildman–Crippen MR) is 90.2 cm³/mol. The van der Waals surface area contributed by atoms with Crippen LogP contribution in [-0.4, -0.2) is 32.8 Å². The van der Waals surface area contributed by atoms with Gasteiger partial charge in [-0.25, -0.2) is 4.79 Å². The lowest BCUT2D eigenvalue weighted by Crippen LogP contribution is -2.42. The average Bonchev–Trinajstić information content (AvgIpc) is 2.39. The Morgan fingerprint density at radius 1 is 1.21 bits per heavy atom. The van der Waals surface area contributed by atoms with Gasteiger partial charge < -0.3 is 10.1 Å². The normalized spacial score (nSPS) is 21.0. The third kappa shape index (κ3) is 5.49. The Bertz CT molecular complexity index is 670. The first-order chi connectivity index (χ1) is 11.0. The van der Waals surface area contributed by atoms with E-state index < -0.39 is 21.8 Å². The number of carbonyl (C=O) groups excluding carboxylic acids is 1. The quantitative estimate of drug-likeness (QED) is 0.821. The molecule has 0 spiro atoms. The Hall–Kier alpha value is -1.60. The second-order valence-corrected chi connectivity index (χ2v) is 8.78. The molecule has 0 unspecified atom stereocenters. The Morgan fingerprint density at radius 2 is 1.79 bits per heavy atom. The summed E-state index contributed by atoms with van der Waals surface area (Å²) in [6.07, 6.45) is 0.405. The topological polar surface area (TPSA) is 81.7 Å². The summed E-state index contributed by atoms with van der Waals surface area (Å²) in [6, 6.07) is 6.57. The van der Waals surface area contributed by atoms with E-state index in [-0.39, 0.29) is 16.9 Å². The number of amides is 1. The molecule has 1 amide bonds. The van der Waals surface area contributed by atoms with Crippen molar-refractivity contribution in [3.63, 3.8) is 0 Å². The van der Waals surface area contributed by atoms with Crippen LogP contribution in [0.4, 0.5) is 4.79 Å². The van der Waals surface area contributed by atoms with E-state index in [1.807, 2.05) is 6.92 Å². The largest absolute Gasteiger partial charge is 0.444 e. The minimum absolute atomic E-state index is 0.170. The van der Waals surface area contributed by atoms with Gasteiger partial charge >= 0.3 is 6.09 Å². The molecule has 1 saturated carbocycles. The molecule has 0 saturated heterocycles. The highest BCUT2D eigenvalue weighted by Gasteiger charge is 2.34. The maximum Gasteiger partial charge on any atom is 0.407 e. The molecule has 24 heavy (non-hydrogen) atoms. The van der Waals surface area contributed by atoms with E-state index in [0.717, 1.165) is 5.56 Å². The average molecular weight is 355 g/mol. The Kier molecular flexibility index (Phi) is 5.55. The standard InChI is InChI=1S/C17H25NO5S/c1-12-5-7-15(8-6-12)24(20,21)23-14-9-13(10-14)11-18-16(19)22-17(2,3)4/h5-8,13-14H,9-11H2,1-4H3,(H,18,19). The molecular weight excluding hydrogens is 330 g/mol. The van der Waals surface area contributed by atoms with Crippen molar-refractivity contribution in [3.05, 3.63) is 29.8 Å². The summed E-state index contributed by atoms with van der Waals surface area (Å²) in [4.78, 5) is 11.7. The first kappa shape index (κ1) is 18.7. The molecule has 1 aromatic rings. The highest BCUT2D eigenvalue weighted by Crippen LogP contribution is 2.32. The monoisotopic (exact) mass is 355 g/mol. The van der Waals surface area contributed by atoms with Gasteiger partial charge in [-0.1, -0.05) is 17.7 Å². The van der Waals surface area contributed by atoms with Crippen LogP contribution in [-0.2, 0) is 19.0 Å². The zero-order valence-corrected chi connectivity index (χ0v) is 15.4. The van der Waals surface area contributed by atoms with Crippen molar-refractivity contribution in [1.82, 2.24) is 5.32 Å². The molecule has 6 nitrogen and oxygen atoms in total. The van der Waals surface area contributed by atoms with Gasteiger partial charge in [0.1, 0.15) is 5.60 Å². The van der Waals surface area contributed by atoms with Gasteiger partial charge in [-0.2, -0.15) is 8.42 Å². The van der Waals surface area contributed by atoms with Crippen molar-refractivity contribution >= 4 is 16.2 Å². The SMILES string of the molecule is Cc1ccc(S(=O)(=O)OC2CC(CNC(=O)OC(C)(C)C)C2)cc1. The first-order valence-corrected chi connectivity index (χ1v) is 9.43. The number of ether oxygens (including phenoxy) is 1. The molecule has 0 aliphatic heterocycles. The summed E-state index contributed by atoms with van der Waals surface area (Å²) in [5.41, 5.74) is 0.461. The fraction of sp³-hybridized carbons (Fsp3) is 0.588. The molecule has 0 aromatic heterocycles. The number of rotatable bonds is 5. The second-order valence-electron chi connectivity index (χ2n) is 7.21. The number of carbonyl (C=O) groups is 1. The van der Waals surface area contributed by atoms with Crippen LogP contribution in [0.2, 0.25) is 0 Å². The van der Waals surface area contributed by atoms with Crippen LogP contribution < -0.4 is 5.32 Å². The van der Waals surface area contributed by atoms with Gasteiger partial charge in [-0.15, -0.1) is 0 Å². The predicted octanol–water partition coefficient (Wildman–Crippen LogP) is 3.00. The molecule has 134 valence electrons. The lowest BCUT2D eigenvalue weighted by atomic mass is 9.82. The lowest BCUT2D eigenvalue weighted by molar-refractivity contribution is 0.0428. The minimum Gasteiger partial charge on any atom is -0.444 e. The van der Waals surface area contributed by atoms with E-state index in [1.165, 1.54) is 0 Å². The van der Waals surface area contributed by atoms with Gasteiger partial charge in [0.05, 0.1) is 11.0 Å². The molecule has 0 bridgehead atoms. The van der Waals surface area contributed by atoms with Crippen LogP contribution in [0.3, 0.4) is 0 Å². The van der Waals surface area contributed by atoms with Crippen LogP contribution in [0.15, 0.2) is 29.2 Å². The van der Waals surface area contributed by atoms with Gasteiger partial charge in [-0.05, 0) is 58.6 Å². The Balaban J connectivity index is 1.75. The third-order valence-electron chi connectivity index (χ3n) is 3.70. The maximum atomic E-state index is 12.2. The van der Waals surface area contributed by atoms with E-state index in [1.54, 1.807) is 45.0 Å². The Morgan fingerprint density at radius 3 is 2.33 bits per heavy atom. The van der Waals surface area contributed by atoms with Crippen molar-refractivity contribution in [2.45, 2.75) is 57.1 Å². The molecule has 1 aliphatic carbocycles. The van der Waals surface area contributed by atoms with E-state index in [2.05, 4.69) is 5.32 Å². The van der Waals surface area contributed by atoms with Crippen LogP contribution in [0, 0.1) is 12.8 Å². The molecule has 0 heterocycles. The summed E-state index contributed by atoms with van der Waals surface area (Å²) in [7, 11) is -3.73. The summed E-state index contributed by atoms with van der Waals surface area (Å²) in [5, 5.41) is 2.70. The second kappa shape index (κ2) is 7.11. The number of hydrogen-bond donors (Lipinski definition) is 1. The van der Waals surface area contributed by atoms with E-state index >= 15 is 0 Å². The summed E-state index contributed by atoms with van der Waals surface area (Å²) in [6.45, 7) is 7.76. The lowest BCUT2D eigenvalue weighted by Gasteiger charge is -2.34. The minimum atomic E-state index is -3.73. The highest BCUT2D eigenvalue weighted by atomic mass is 32.2.